The fourth-order valence-corrected chi connectivity index (χ4v) is 2.07. The summed E-state index contributed by atoms with van der Waals surface area (Å²) in [7, 11) is 0. The van der Waals surface area contributed by atoms with Crippen LogP contribution in [0.25, 0.3) is 0 Å². The van der Waals surface area contributed by atoms with Crippen LogP contribution in [0.2, 0.25) is 0 Å². The van der Waals surface area contributed by atoms with E-state index in [0.29, 0.717) is 12.6 Å². The van der Waals surface area contributed by atoms with E-state index in [1.54, 1.807) is 0 Å². The summed E-state index contributed by atoms with van der Waals surface area (Å²) in [6, 6.07) is 9.87. The van der Waals surface area contributed by atoms with E-state index in [-0.39, 0.29) is 5.78 Å². The minimum absolute atomic E-state index is 0.165. The fourth-order valence-electron chi connectivity index (χ4n) is 2.07. The van der Waals surface area contributed by atoms with Gasteiger partial charge in [0.2, 0.25) is 0 Å². The van der Waals surface area contributed by atoms with Crippen LogP contribution >= 0.6 is 0 Å². The first-order valence-corrected chi connectivity index (χ1v) is 5.74. The quantitative estimate of drug-likeness (QED) is 0.618. The molecule has 1 N–H and O–H groups in total. The van der Waals surface area contributed by atoms with Crippen molar-refractivity contribution in [2.24, 2.45) is 0 Å². The molecule has 0 unspecified atom stereocenters. The van der Waals surface area contributed by atoms with Crippen LogP contribution in [0.1, 0.15) is 29.6 Å². The molecule has 16 heavy (non-hydrogen) atoms. The highest BCUT2D eigenvalue weighted by Crippen LogP contribution is 2.22. The van der Waals surface area contributed by atoms with Crippen molar-refractivity contribution in [1.82, 2.24) is 5.32 Å². The molecular formula is C14H17NO. The predicted molar refractivity (Wildman–Crippen MR) is 65.6 cm³/mol. The van der Waals surface area contributed by atoms with Crippen LogP contribution in [0.5, 0.6) is 0 Å². The SMILES string of the molecule is C=C1CC[C@H](NCC(=O)c2ccccc2)C1. The zero-order chi connectivity index (χ0) is 11.4. The third-order valence-electron chi connectivity index (χ3n) is 3.03. The second-order valence-electron chi connectivity index (χ2n) is 4.36. The van der Waals surface area contributed by atoms with Gasteiger partial charge in [-0.1, -0.05) is 42.5 Å². The van der Waals surface area contributed by atoms with Gasteiger partial charge >= 0.3 is 0 Å². The summed E-state index contributed by atoms with van der Waals surface area (Å²) in [4.78, 5) is 11.8. The lowest BCUT2D eigenvalue weighted by atomic mass is 10.1. The predicted octanol–water partition coefficient (Wildman–Crippen LogP) is 2.57. The number of hydrogen-bond donors (Lipinski definition) is 1. The second-order valence-corrected chi connectivity index (χ2v) is 4.36. The van der Waals surface area contributed by atoms with Crippen molar-refractivity contribution in [3.05, 3.63) is 48.0 Å². The Hall–Kier alpha value is -1.41. The normalized spacial score (nSPS) is 20.0. The zero-order valence-corrected chi connectivity index (χ0v) is 9.41. The molecule has 0 bridgehead atoms. The van der Waals surface area contributed by atoms with E-state index in [4.69, 9.17) is 0 Å². The van der Waals surface area contributed by atoms with Gasteiger partial charge in [0, 0.05) is 11.6 Å². The van der Waals surface area contributed by atoms with E-state index < -0.39 is 0 Å². The Morgan fingerprint density at radius 1 is 1.38 bits per heavy atom. The molecule has 0 amide bonds. The highest BCUT2D eigenvalue weighted by molar-refractivity contribution is 5.97. The van der Waals surface area contributed by atoms with Crippen molar-refractivity contribution in [3.8, 4) is 0 Å². The standard InChI is InChI=1S/C14H17NO/c1-11-7-8-13(9-11)15-10-14(16)12-5-3-2-4-6-12/h2-6,13,15H,1,7-10H2/t13-/m0/s1. The Kier molecular flexibility index (Phi) is 3.52. The summed E-state index contributed by atoms with van der Waals surface area (Å²) in [5.74, 6) is 0.165. The van der Waals surface area contributed by atoms with Crippen LogP contribution in [0.4, 0.5) is 0 Å². The molecule has 0 spiro atoms. The Bertz CT molecular complexity index is 383. The number of benzene rings is 1. The third-order valence-corrected chi connectivity index (χ3v) is 3.03. The molecule has 1 saturated carbocycles. The number of nitrogens with one attached hydrogen (secondary N) is 1. The summed E-state index contributed by atoms with van der Waals surface area (Å²) in [6.45, 7) is 4.40. The van der Waals surface area contributed by atoms with Gasteiger partial charge in [-0.05, 0) is 19.3 Å². The highest BCUT2D eigenvalue weighted by Gasteiger charge is 2.18. The molecule has 1 aliphatic carbocycles. The smallest absolute Gasteiger partial charge is 0.176 e. The van der Waals surface area contributed by atoms with Crippen molar-refractivity contribution < 1.29 is 4.79 Å². The Morgan fingerprint density at radius 3 is 2.75 bits per heavy atom. The monoisotopic (exact) mass is 215 g/mol. The first kappa shape index (κ1) is 11.1. The van der Waals surface area contributed by atoms with Crippen LogP contribution in [0, 0.1) is 0 Å². The van der Waals surface area contributed by atoms with Crippen molar-refractivity contribution in [2.75, 3.05) is 6.54 Å². The van der Waals surface area contributed by atoms with Crippen LogP contribution in [0.3, 0.4) is 0 Å². The average molecular weight is 215 g/mol. The number of ketones is 1. The van der Waals surface area contributed by atoms with Gasteiger partial charge in [0.1, 0.15) is 0 Å². The average Bonchev–Trinajstić information content (AvgIpc) is 2.73. The molecule has 1 atom stereocenters. The van der Waals surface area contributed by atoms with Crippen LogP contribution in [-0.2, 0) is 0 Å². The van der Waals surface area contributed by atoms with Gasteiger partial charge in [-0.15, -0.1) is 0 Å². The second kappa shape index (κ2) is 5.08. The van der Waals surface area contributed by atoms with Gasteiger partial charge in [-0.3, -0.25) is 4.79 Å². The minimum atomic E-state index is 0.165. The topological polar surface area (TPSA) is 29.1 Å². The van der Waals surface area contributed by atoms with Crippen LogP contribution < -0.4 is 5.32 Å². The van der Waals surface area contributed by atoms with E-state index in [9.17, 15) is 4.79 Å². The number of rotatable bonds is 4. The van der Waals surface area contributed by atoms with Crippen molar-refractivity contribution in [3.63, 3.8) is 0 Å². The number of carbonyl (C=O) groups excluding carboxylic acids is 1. The number of carbonyl (C=O) groups is 1. The van der Waals surface area contributed by atoms with Crippen molar-refractivity contribution in [2.45, 2.75) is 25.3 Å². The summed E-state index contributed by atoms with van der Waals surface area (Å²) in [5, 5.41) is 3.30. The molecule has 84 valence electrons. The largest absolute Gasteiger partial charge is 0.307 e. The fraction of sp³-hybridized carbons (Fsp3) is 0.357. The minimum Gasteiger partial charge on any atom is -0.307 e. The van der Waals surface area contributed by atoms with Crippen molar-refractivity contribution in [1.29, 1.82) is 0 Å². The van der Waals surface area contributed by atoms with E-state index >= 15 is 0 Å². The lowest BCUT2D eigenvalue weighted by Gasteiger charge is -2.10. The summed E-state index contributed by atoms with van der Waals surface area (Å²) in [6.07, 6.45) is 3.22. The van der Waals surface area contributed by atoms with Gasteiger partial charge < -0.3 is 5.32 Å². The summed E-state index contributed by atoms with van der Waals surface area (Å²) in [5.41, 5.74) is 2.08. The maximum Gasteiger partial charge on any atom is 0.176 e. The van der Waals surface area contributed by atoms with Gasteiger partial charge in [0.15, 0.2) is 5.78 Å². The maximum absolute atomic E-state index is 11.8. The zero-order valence-electron chi connectivity index (χ0n) is 9.41. The van der Waals surface area contributed by atoms with Crippen molar-refractivity contribution >= 4 is 5.78 Å². The Balaban J connectivity index is 1.82. The third kappa shape index (κ3) is 2.80. The van der Waals surface area contributed by atoms with Crippen LogP contribution in [-0.4, -0.2) is 18.4 Å². The lowest BCUT2D eigenvalue weighted by Crippen LogP contribution is -2.31. The van der Waals surface area contributed by atoms with E-state index in [0.717, 1.165) is 24.8 Å². The Labute approximate surface area is 96.4 Å². The molecule has 1 aliphatic rings. The number of hydrogen-bond acceptors (Lipinski definition) is 2. The van der Waals surface area contributed by atoms with E-state index in [1.165, 1.54) is 5.57 Å². The molecule has 1 fully saturated rings. The molecule has 0 radical (unpaired) electrons. The van der Waals surface area contributed by atoms with Gasteiger partial charge in [0.25, 0.3) is 0 Å². The van der Waals surface area contributed by atoms with Gasteiger partial charge in [-0.2, -0.15) is 0 Å². The molecular weight excluding hydrogens is 198 g/mol. The molecule has 0 aromatic heterocycles. The van der Waals surface area contributed by atoms with Gasteiger partial charge in [-0.25, -0.2) is 0 Å². The molecule has 1 aromatic carbocycles. The molecule has 0 saturated heterocycles. The summed E-state index contributed by atoms with van der Waals surface area (Å²) < 4.78 is 0. The first-order chi connectivity index (χ1) is 7.75. The maximum atomic E-state index is 11.8. The molecule has 2 heteroatoms. The summed E-state index contributed by atoms with van der Waals surface area (Å²) >= 11 is 0. The van der Waals surface area contributed by atoms with Crippen LogP contribution in [0.15, 0.2) is 42.5 Å². The Morgan fingerprint density at radius 2 is 2.12 bits per heavy atom. The van der Waals surface area contributed by atoms with E-state index in [2.05, 4.69) is 11.9 Å². The van der Waals surface area contributed by atoms with E-state index in [1.807, 2.05) is 30.3 Å². The van der Waals surface area contributed by atoms with Gasteiger partial charge in [0.05, 0.1) is 6.54 Å². The highest BCUT2D eigenvalue weighted by atomic mass is 16.1. The first-order valence-electron chi connectivity index (χ1n) is 5.74. The number of Topliss-reactive ketones (excluding diaryl/α,β-unsaturated/α-hetero) is 1. The molecule has 1 aromatic rings. The molecule has 0 heterocycles. The lowest BCUT2D eigenvalue weighted by molar-refractivity contribution is 0.0987. The molecule has 2 rings (SSSR count). The molecule has 0 aliphatic heterocycles. The molecule has 2 nitrogen and oxygen atoms in total.